The summed E-state index contributed by atoms with van der Waals surface area (Å²) in [7, 11) is 0. The number of ketones is 1. The van der Waals surface area contributed by atoms with Gasteiger partial charge in [0.1, 0.15) is 11.5 Å². The van der Waals surface area contributed by atoms with Crippen LogP contribution in [0.15, 0.2) is 40.8 Å². The van der Waals surface area contributed by atoms with Crippen LogP contribution >= 0.6 is 23.2 Å². The average Bonchev–Trinajstić information content (AvgIpc) is 3.46. The summed E-state index contributed by atoms with van der Waals surface area (Å²) in [5, 5.41) is 12.5. The van der Waals surface area contributed by atoms with E-state index in [1.54, 1.807) is 22.9 Å². The highest BCUT2D eigenvalue weighted by molar-refractivity contribution is 6.42. The van der Waals surface area contributed by atoms with Crippen molar-refractivity contribution in [2.24, 2.45) is 5.73 Å². The van der Waals surface area contributed by atoms with Crippen molar-refractivity contribution in [1.29, 1.82) is 0 Å². The smallest absolute Gasteiger partial charge is 0.404 e. The quantitative estimate of drug-likeness (QED) is 0.300. The van der Waals surface area contributed by atoms with Gasteiger partial charge in [0.05, 0.1) is 40.2 Å². The van der Waals surface area contributed by atoms with Crippen LogP contribution in [0.2, 0.25) is 10.0 Å². The summed E-state index contributed by atoms with van der Waals surface area (Å²) >= 11 is 12.5. The highest BCUT2D eigenvalue weighted by atomic mass is 35.5. The van der Waals surface area contributed by atoms with E-state index in [1.807, 2.05) is 6.92 Å². The summed E-state index contributed by atoms with van der Waals surface area (Å²) in [4.78, 5) is 50.4. The molecule has 3 heterocycles. The third-order valence-electron chi connectivity index (χ3n) is 6.40. The van der Waals surface area contributed by atoms with Gasteiger partial charge in [-0.1, -0.05) is 36.5 Å². The first-order valence-electron chi connectivity index (χ1n) is 12.0. The zero-order chi connectivity index (χ0) is 27.6. The van der Waals surface area contributed by atoms with Gasteiger partial charge < -0.3 is 30.0 Å². The Balaban J connectivity index is 1.78. The molecular formula is C26H26Cl2N4O6. The fourth-order valence-electron chi connectivity index (χ4n) is 4.57. The second-order valence-corrected chi connectivity index (χ2v) is 9.66. The summed E-state index contributed by atoms with van der Waals surface area (Å²) in [5.74, 6) is -1.62. The Labute approximate surface area is 227 Å². The molecular weight excluding hydrogens is 535 g/mol. The van der Waals surface area contributed by atoms with Crippen molar-refractivity contribution in [3.05, 3.63) is 67.8 Å². The van der Waals surface area contributed by atoms with Gasteiger partial charge in [-0.2, -0.15) is 0 Å². The van der Waals surface area contributed by atoms with E-state index in [0.29, 0.717) is 17.7 Å². The summed E-state index contributed by atoms with van der Waals surface area (Å²) in [6.07, 6.45) is 3.37. The molecule has 0 radical (unpaired) electrons. The number of unbranched alkanes of at least 4 members (excludes halogenated alkanes) is 1. The van der Waals surface area contributed by atoms with Crippen LogP contribution in [0.25, 0.3) is 17.0 Å². The summed E-state index contributed by atoms with van der Waals surface area (Å²) in [6.45, 7) is 1.95. The third kappa shape index (κ3) is 5.27. The monoisotopic (exact) mass is 560 g/mol. The molecule has 3 aromatic rings. The largest absolute Gasteiger partial charge is 0.491 e. The maximum atomic E-state index is 13.6. The van der Waals surface area contributed by atoms with E-state index < -0.39 is 23.5 Å². The molecule has 0 saturated heterocycles. The number of Topliss-reactive ketones (excluding diaryl/α,β-unsaturated/α-hetero) is 1. The molecule has 0 spiro atoms. The van der Waals surface area contributed by atoms with Gasteiger partial charge in [0.15, 0.2) is 0 Å². The molecule has 10 nitrogen and oxygen atoms in total. The van der Waals surface area contributed by atoms with Crippen molar-refractivity contribution in [3.8, 4) is 5.75 Å². The highest BCUT2D eigenvalue weighted by Gasteiger charge is 2.34. The number of ether oxygens (including phenoxy) is 1. The van der Waals surface area contributed by atoms with E-state index in [1.165, 1.54) is 22.9 Å². The number of fused-ring (bicyclic) bond motifs is 2. The number of pyridine rings is 1. The SMILES string of the molecule is CCCCOc1c(CNC(=O)O)n(CCC(=O)C2C(C(N)=O)=Cn3cccc32)c(=O)c2cc(Cl)c(Cl)cc12. The molecule has 38 heavy (non-hydrogen) atoms. The molecule has 1 aliphatic rings. The lowest BCUT2D eigenvalue weighted by Gasteiger charge is -2.21. The molecule has 1 unspecified atom stereocenters. The lowest BCUT2D eigenvalue weighted by Crippen LogP contribution is -2.31. The van der Waals surface area contributed by atoms with E-state index in [2.05, 4.69) is 5.32 Å². The van der Waals surface area contributed by atoms with Crippen molar-refractivity contribution >= 4 is 58.0 Å². The van der Waals surface area contributed by atoms with Crippen LogP contribution in [0.1, 0.15) is 43.5 Å². The van der Waals surface area contributed by atoms with Crippen LogP contribution in [0, 0.1) is 0 Å². The Morgan fingerprint density at radius 3 is 2.55 bits per heavy atom. The molecule has 200 valence electrons. The molecule has 0 saturated carbocycles. The number of rotatable bonds is 11. The van der Waals surface area contributed by atoms with E-state index in [9.17, 15) is 24.3 Å². The van der Waals surface area contributed by atoms with E-state index >= 15 is 0 Å². The predicted octanol–water partition coefficient (Wildman–Crippen LogP) is 4.14. The van der Waals surface area contributed by atoms with Crippen molar-refractivity contribution in [3.63, 3.8) is 0 Å². The lowest BCUT2D eigenvalue weighted by atomic mass is 9.91. The summed E-state index contributed by atoms with van der Waals surface area (Å²) < 4.78 is 9.03. The number of primary amides is 1. The van der Waals surface area contributed by atoms with Crippen LogP contribution in [0.4, 0.5) is 4.79 Å². The first kappa shape index (κ1) is 27.3. The molecule has 4 N–H and O–H groups in total. The van der Waals surface area contributed by atoms with Gasteiger partial charge in [0.2, 0.25) is 5.91 Å². The van der Waals surface area contributed by atoms with Crippen molar-refractivity contribution < 1.29 is 24.2 Å². The van der Waals surface area contributed by atoms with Crippen LogP contribution in [-0.2, 0) is 22.7 Å². The molecule has 1 aliphatic heterocycles. The number of nitrogens with one attached hydrogen (secondary N) is 1. The number of aromatic nitrogens is 2. The van der Waals surface area contributed by atoms with Gasteiger partial charge in [-0.3, -0.25) is 14.4 Å². The van der Waals surface area contributed by atoms with Gasteiger partial charge in [0.25, 0.3) is 5.56 Å². The van der Waals surface area contributed by atoms with E-state index in [4.69, 9.17) is 33.7 Å². The molecule has 4 rings (SSSR count). The number of hydrogen-bond donors (Lipinski definition) is 3. The fourth-order valence-corrected chi connectivity index (χ4v) is 4.90. The van der Waals surface area contributed by atoms with Gasteiger partial charge >= 0.3 is 6.09 Å². The minimum atomic E-state index is -1.29. The number of carboxylic acid groups (broad SMARTS) is 1. The maximum Gasteiger partial charge on any atom is 0.404 e. The fraction of sp³-hybridized carbons (Fsp3) is 0.308. The normalized spacial score (nSPS) is 14.3. The Hall–Kier alpha value is -3.76. The highest BCUT2D eigenvalue weighted by Crippen LogP contribution is 2.36. The molecule has 2 aromatic heterocycles. The Bertz CT molecular complexity index is 1520. The molecule has 12 heteroatoms. The van der Waals surface area contributed by atoms with Crippen LogP contribution in [0.5, 0.6) is 5.75 Å². The zero-order valence-electron chi connectivity index (χ0n) is 20.5. The number of amides is 2. The minimum Gasteiger partial charge on any atom is -0.491 e. The first-order valence-corrected chi connectivity index (χ1v) is 12.7. The summed E-state index contributed by atoms with van der Waals surface area (Å²) in [6, 6.07) is 6.42. The van der Waals surface area contributed by atoms with Gasteiger partial charge in [0, 0.05) is 42.0 Å². The van der Waals surface area contributed by atoms with Gasteiger partial charge in [-0.05, 0) is 30.7 Å². The Morgan fingerprint density at radius 1 is 1.18 bits per heavy atom. The van der Waals surface area contributed by atoms with Gasteiger partial charge in [-0.15, -0.1) is 0 Å². The molecule has 2 amide bonds. The van der Waals surface area contributed by atoms with Crippen molar-refractivity contribution in [2.75, 3.05) is 6.61 Å². The maximum absolute atomic E-state index is 13.6. The molecule has 0 bridgehead atoms. The number of hydrogen-bond acceptors (Lipinski definition) is 5. The van der Waals surface area contributed by atoms with E-state index in [-0.39, 0.29) is 57.7 Å². The standard InChI is InChI=1S/C26H26Cl2N4O6/c1-2-3-9-38-23-14-10-17(27)18(28)11-15(14)25(35)32(20(23)12-30-26(36)37)8-6-21(33)22-16(24(29)34)13-31-7-4-5-19(22)31/h4-5,7,10-11,13,22,30H,2-3,6,8-9,12H2,1H3,(H2,29,34)(H,36,37). The van der Waals surface area contributed by atoms with Crippen LogP contribution in [0.3, 0.4) is 0 Å². The number of benzene rings is 1. The Kier molecular flexibility index (Phi) is 8.13. The van der Waals surface area contributed by atoms with E-state index in [0.717, 1.165) is 12.8 Å². The second-order valence-electron chi connectivity index (χ2n) is 8.84. The number of carbonyl (C=O) groups is 3. The molecule has 1 atom stereocenters. The predicted molar refractivity (Wildman–Crippen MR) is 144 cm³/mol. The second kappa shape index (κ2) is 11.3. The molecule has 0 aliphatic carbocycles. The van der Waals surface area contributed by atoms with Crippen molar-refractivity contribution in [1.82, 2.24) is 14.5 Å². The number of carbonyl (C=O) groups excluding carboxylic acids is 2. The summed E-state index contributed by atoms with van der Waals surface area (Å²) in [5.41, 5.74) is 6.04. The van der Waals surface area contributed by atoms with Crippen molar-refractivity contribution in [2.45, 2.75) is 45.2 Å². The molecule has 1 aromatic carbocycles. The number of halogens is 2. The topological polar surface area (TPSA) is 146 Å². The molecule has 0 fully saturated rings. The van der Waals surface area contributed by atoms with Crippen LogP contribution < -0.4 is 21.3 Å². The minimum absolute atomic E-state index is 0.0993. The lowest BCUT2D eigenvalue weighted by molar-refractivity contribution is -0.122. The average molecular weight is 561 g/mol. The number of nitrogens with zero attached hydrogens (tertiary/aromatic N) is 2. The van der Waals surface area contributed by atoms with Crippen LogP contribution in [-0.4, -0.2) is 38.6 Å². The zero-order valence-corrected chi connectivity index (χ0v) is 22.0. The first-order chi connectivity index (χ1) is 18.1. The third-order valence-corrected chi connectivity index (χ3v) is 7.13. The number of nitrogens with two attached hydrogens (primary N) is 1. The Morgan fingerprint density at radius 2 is 1.89 bits per heavy atom. The van der Waals surface area contributed by atoms with Gasteiger partial charge in [-0.25, -0.2) is 4.79 Å².